The fourth-order valence-electron chi connectivity index (χ4n) is 3.18. The topological polar surface area (TPSA) is 134 Å². The zero-order valence-electron chi connectivity index (χ0n) is 15.5. The first-order valence-corrected chi connectivity index (χ1v) is 8.99. The van der Waals surface area contributed by atoms with Gasteiger partial charge in [-0.05, 0) is 48.8 Å². The molecular formula is C20H24ClN5O. The number of carbonyl (C=O) groups excluding carboxylic acids is 1. The van der Waals surface area contributed by atoms with Crippen LogP contribution >= 0.6 is 11.6 Å². The lowest BCUT2D eigenvalue weighted by atomic mass is 9.91. The maximum absolute atomic E-state index is 11.1. The Balaban J connectivity index is 2.47. The van der Waals surface area contributed by atoms with E-state index in [1.54, 1.807) is 12.1 Å². The Kier molecular flexibility index (Phi) is 6.54. The van der Waals surface area contributed by atoms with Gasteiger partial charge in [-0.2, -0.15) is 0 Å². The average molecular weight is 386 g/mol. The summed E-state index contributed by atoms with van der Waals surface area (Å²) in [6, 6.07) is 3.49. The Bertz CT molecular complexity index is 918. The largest absolute Gasteiger partial charge is 0.402 e. The van der Waals surface area contributed by atoms with Crippen LogP contribution in [0.25, 0.3) is 5.57 Å². The predicted octanol–water partition coefficient (Wildman–Crippen LogP) is 2.16. The van der Waals surface area contributed by atoms with Gasteiger partial charge in [0, 0.05) is 29.6 Å². The van der Waals surface area contributed by atoms with Crippen molar-refractivity contribution in [3.63, 3.8) is 0 Å². The van der Waals surface area contributed by atoms with E-state index in [1.165, 1.54) is 7.05 Å². The molecule has 27 heavy (non-hydrogen) atoms. The Labute approximate surface area is 164 Å². The molecule has 1 aromatic carbocycles. The number of hydrogen-bond acceptors (Lipinski definition) is 5. The molecule has 0 saturated carbocycles. The molecule has 1 aliphatic rings. The van der Waals surface area contributed by atoms with Crippen molar-refractivity contribution < 1.29 is 4.79 Å². The smallest absolute Gasteiger partial charge is 0.156 e. The second-order valence-electron chi connectivity index (χ2n) is 6.31. The van der Waals surface area contributed by atoms with Gasteiger partial charge in [-0.3, -0.25) is 9.79 Å². The quantitative estimate of drug-likeness (QED) is 0.157. The van der Waals surface area contributed by atoms with E-state index >= 15 is 0 Å². The number of carbonyl (C=O) groups is 1. The van der Waals surface area contributed by atoms with Crippen LogP contribution < -0.4 is 22.9 Å². The summed E-state index contributed by atoms with van der Waals surface area (Å²) in [7, 11) is 1.46. The maximum atomic E-state index is 11.1. The Morgan fingerprint density at radius 1 is 1.37 bits per heavy atom. The lowest BCUT2D eigenvalue weighted by Gasteiger charge is -2.16. The van der Waals surface area contributed by atoms with E-state index in [9.17, 15) is 4.79 Å². The zero-order chi connectivity index (χ0) is 20.1. The van der Waals surface area contributed by atoms with Crippen molar-refractivity contribution in [1.82, 2.24) is 0 Å². The van der Waals surface area contributed by atoms with Crippen molar-refractivity contribution in [3.8, 4) is 11.8 Å². The van der Waals surface area contributed by atoms with Crippen LogP contribution in [-0.4, -0.2) is 19.2 Å². The van der Waals surface area contributed by atoms with Crippen molar-refractivity contribution in [3.05, 3.63) is 45.2 Å². The van der Waals surface area contributed by atoms with E-state index in [4.69, 9.17) is 34.5 Å². The summed E-state index contributed by atoms with van der Waals surface area (Å²) < 4.78 is 0. The highest BCUT2D eigenvalue weighted by molar-refractivity contribution is 6.32. The van der Waals surface area contributed by atoms with Crippen molar-refractivity contribution in [2.24, 2.45) is 28.1 Å². The molecule has 0 bridgehead atoms. The molecule has 0 amide bonds. The number of hydrogen-bond donors (Lipinski definition) is 4. The van der Waals surface area contributed by atoms with Crippen molar-refractivity contribution in [2.75, 3.05) is 12.8 Å². The molecule has 1 atom stereocenters. The standard InChI is InChI=1S/C20H24ClN5O/c1-3-11-4-7-17(23)19(11)13-9-15(21)12(8-18(13)24)5-6-16(22)14(10-27)20(25)26-2/h8-11H,3-4,7,22-24H2,1-2H3,(H2,25,26)/b16-14-. The fourth-order valence-corrected chi connectivity index (χ4v) is 3.39. The van der Waals surface area contributed by atoms with E-state index in [-0.39, 0.29) is 17.1 Å². The molecule has 0 spiro atoms. The van der Waals surface area contributed by atoms with Crippen LogP contribution in [0.15, 0.2) is 34.1 Å². The number of allylic oxidation sites excluding steroid dienone is 3. The van der Waals surface area contributed by atoms with Gasteiger partial charge in [-0.15, -0.1) is 0 Å². The summed E-state index contributed by atoms with van der Waals surface area (Å²) in [5.74, 6) is 5.93. The van der Waals surface area contributed by atoms with Gasteiger partial charge < -0.3 is 22.9 Å². The number of aldehydes is 1. The highest BCUT2D eigenvalue weighted by atomic mass is 35.5. The van der Waals surface area contributed by atoms with E-state index in [0.29, 0.717) is 28.5 Å². The first-order valence-electron chi connectivity index (χ1n) is 8.61. The molecule has 7 heteroatoms. The number of nitrogens with two attached hydrogens (primary N) is 4. The summed E-state index contributed by atoms with van der Waals surface area (Å²) in [6.45, 7) is 2.13. The number of nitrogens with zero attached hydrogens (tertiary/aromatic N) is 1. The number of benzene rings is 1. The molecular weight excluding hydrogens is 362 g/mol. The van der Waals surface area contributed by atoms with E-state index in [2.05, 4.69) is 23.8 Å². The van der Waals surface area contributed by atoms with E-state index in [1.807, 2.05) is 0 Å². The molecule has 0 heterocycles. The molecule has 0 radical (unpaired) electrons. The molecule has 1 aromatic rings. The maximum Gasteiger partial charge on any atom is 0.156 e. The molecule has 0 aliphatic heterocycles. The van der Waals surface area contributed by atoms with Crippen LogP contribution in [0.2, 0.25) is 5.02 Å². The minimum Gasteiger partial charge on any atom is -0.402 e. The lowest BCUT2D eigenvalue weighted by molar-refractivity contribution is -0.104. The first kappa shape index (κ1) is 20.4. The molecule has 0 saturated heterocycles. The van der Waals surface area contributed by atoms with Gasteiger partial charge in [0.05, 0.1) is 16.3 Å². The highest BCUT2D eigenvalue weighted by Crippen LogP contribution is 2.42. The third kappa shape index (κ3) is 4.26. The van der Waals surface area contributed by atoms with Gasteiger partial charge in [-0.25, -0.2) is 0 Å². The monoisotopic (exact) mass is 385 g/mol. The Morgan fingerprint density at radius 3 is 2.67 bits per heavy atom. The summed E-state index contributed by atoms with van der Waals surface area (Å²) >= 11 is 6.41. The van der Waals surface area contributed by atoms with Crippen LogP contribution in [0.4, 0.5) is 5.69 Å². The summed E-state index contributed by atoms with van der Waals surface area (Å²) in [6.07, 6.45) is 3.39. The van der Waals surface area contributed by atoms with Crippen LogP contribution in [0.1, 0.15) is 37.3 Å². The number of halogens is 1. The minimum absolute atomic E-state index is 0.0145. The molecule has 1 unspecified atom stereocenters. The highest BCUT2D eigenvalue weighted by Gasteiger charge is 2.25. The number of nitrogen functional groups attached to an aromatic ring is 1. The number of aliphatic imine (C=N–C) groups is 1. The molecule has 2 rings (SSSR count). The van der Waals surface area contributed by atoms with E-state index < -0.39 is 0 Å². The van der Waals surface area contributed by atoms with E-state index in [0.717, 1.165) is 36.1 Å². The van der Waals surface area contributed by atoms with Gasteiger partial charge in [-0.1, -0.05) is 24.4 Å². The molecule has 0 fully saturated rings. The van der Waals surface area contributed by atoms with Crippen LogP contribution in [0, 0.1) is 17.8 Å². The third-order valence-corrected chi connectivity index (χ3v) is 5.01. The normalized spacial score (nSPS) is 18.0. The molecule has 142 valence electrons. The molecule has 6 nitrogen and oxygen atoms in total. The summed E-state index contributed by atoms with van der Waals surface area (Å²) in [4.78, 5) is 14.9. The fraction of sp³-hybridized carbons (Fsp3) is 0.300. The minimum atomic E-state index is 0.0145. The predicted molar refractivity (Wildman–Crippen MR) is 112 cm³/mol. The van der Waals surface area contributed by atoms with Gasteiger partial charge >= 0.3 is 0 Å². The van der Waals surface area contributed by atoms with Crippen molar-refractivity contribution >= 4 is 35.0 Å². The van der Waals surface area contributed by atoms with Crippen molar-refractivity contribution in [1.29, 1.82) is 0 Å². The van der Waals surface area contributed by atoms with Crippen molar-refractivity contribution in [2.45, 2.75) is 26.2 Å². The Morgan fingerprint density at radius 2 is 2.07 bits per heavy atom. The van der Waals surface area contributed by atoms with Crippen LogP contribution in [0.3, 0.4) is 0 Å². The molecule has 0 aromatic heterocycles. The molecule has 1 aliphatic carbocycles. The third-order valence-electron chi connectivity index (χ3n) is 4.70. The second-order valence-corrected chi connectivity index (χ2v) is 6.71. The number of amidine groups is 1. The number of anilines is 1. The second kappa shape index (κ2) is 8.65. The van der Waals surface area contributed by atoms with Gasteiger partial charge in [0.25, 0.3) is 0 Å². The van der Waals surface area contributed by atoms with Crippen LogP contribution in [0.5, 0.6) is 0 Å². The lowest BCUT2D eigenvalue weighted by Crippen LogP contribution is -2.19. The summed E-state index contributed by atoms with van der Waals surface area (Å²) in [5.41, 5.74) is 27.8. The molecule has 8 N–H and O–H groups in total. The Hall–Kier alpha value is -2.91. The summed E-state index contributed by atoms with van der Waals surface area (Å²) in [5, 5.41) is 0.436. The van der Waals surface area contributed by atoms with Gasteiger partial charge in [0.1, 0.15) is 5.84 Å². The zero-order valence-corrected chi connectivity index (χ0v) is 16.2. The van der Waals surface area contributed by atoms with Gasteiger partial charge in [0.2, 0.25) is 0 Å². The number of rotatable bonds is 4. The SMILES string of the molecule is CCC1CCC(N)=C1c1cc(Cl)c(C#C/C(N)=C(\C=O)C(N)=NC)cc1N. The average Bonchev–Trinajstić information content (AvgIpc) is 3.02. The van der Waals surface area contributed by atoms with Crippen LogP contribution in [-0.2, 0) is 4.79 Å². The first-order chi connectivity index (χ1) is 12.8. The van der Waals surface area contributed by atoms with Gasteiger partial charge in [0.15, 0.2) is 6.29 Å².